The third kappa shape index (κ3) is 3.86. The van der Waals surface area contributed by atoms with E-state index in [0.29, 0.717) is 12.1 Å². The highest BCUT2D eigenvalue weighted by Gasteiger charge is 2.14. The lowest BCUT2D eigenvalue weighted by Gasteiger charge is -2.14. The van der Waals surface area contributed by atoms with Gasteiger partial charge in [-0.15, -0.1) is 0 Å². The Balaban J connectivity index is 2.08. The highest BCUT2D eigenvalue weighted by atomic mass is 19.1. The van der Waals surface area contributed by atoms with Gasteiger partial charge in [0.05, 0.1) is 4.92 Å². The average Bonchev–Trinajstić information content (AvgIpc) is 2.45. The van der Waals surface area contributed by atoms with Gasteiger partial charge in [-0.05, 0) is 37.1 Å². The molecule has 21 heavy (non-hydrogen) atoms. The van der Waals surface area contributed by atoms with Crippen molar-refractivity contribution in [2.45, 2.75) is 26.4 Å². The van der Waals surface area contributed by atoms with Gasteiger partial charge in [0.15, 0.2) is 0 Å². The Hall–Kier alpha value is -2.27. The number of nitrogens with zero attached hydrogens (tertiary/aromatic N) is 1. The molecule has 2 rings (SSSR count). The summed E-state index contributed by atoms with van der Waals surface area (Å²) in [5.74, 6) is -0.270. The van der Waals surface area contributed by atoms with Gasteiger partial charge in [-0.25, -0.2) is 4.39 Å². The van der Waals surface area contributed by atoms with E-state index in [1.54, 1.807) is 25.1 Å². The molecule has 0 heterocycles. The van der Waals surface area contributed by atoms with E-state index in [4.69, 9.17) is 0 Å². The van der Waals surface area contributed by atoms with Crippen LogP contribution in [0.3, 0.4) is 0 Å². The third-order valence-corrected chi connectivity index (χ3v) is 3.43. The Labute approximate surface area is 122 Å². The van der Waals surface area contributed by atoms with Crippen molar-refractivity contribution in [1.29, 1.82) is 0 Å². The molecule has 0 spiro atoms. The summed E-state index contributed by atoms with van der Waals surface area (Å²) in [5.41, 5.74) is 2.43. The van der Waals surface area contributed by atoms with Crippen LogP contribution in [0.25, 0.3) is 0 Å². The first-order valence-corrected chi connectivity index (χ1v) is 6.70. The Bertz CT molecular complexity index is 658. The first kappa shape index (κ1) is 15.1. The van der Waals surface area contributed by atoms with Crippen molar-refractivity contribution < 1.29 is 9.31 Å². The van der Waals surface area contributed by atoms with Crippen LogP contribution < -0.4 is 5.32 Å². The maximum Gasteiger partial charge on any atom is 0.272 e. The molecule has 2 aromatic carbocycles. The van der Waals surface area contributed by atoms with Crippen LogP contribution in [-0.2, 0) is 6.54 Å². The molecular weight excluding hydrogens is 271 g/mol. The summed E-state index contributed by atoms with van der Waals surface area (Å²) in [7, 11) is 0. The zero-order valence-corrected chi connectivity index (χ0v) is 12.0. The number of nitro groups is 1. The normalized spacial score (nSPS) is 12.1. The molecule has 1 N–H and O–H groups in total. The Kier molecular flexibility index (Phi) is 4.65. The molecule has 0 fully saturated rings. The first-order valence-electron chi connectivity index (χ1n) is 6.70. The Morgan fingerprint density at radius 2 is 2.05 bits per heavy atom. The summed E-state index contributed by atoms with van der Waals surface area (Å²) in [5, 5.41) is 14.2. The van der Waals surface area contributed by atoms with Gasteiger partial charge in [0.2, 0.25) is 0 Å². The predicted molar refractivity (Wildman–Crippen MR) is 79.5 cm³/mol. The zero-order chi connectivity index (χ0) is 15.4. The molecule has 0 bridgehead atoms. The number of aryl methyl sites for hydroxylation is 1. The summed E-state index contributed by atoms with van der Waals surface area (Å²) in [6.07, 6.45) is 0. The number of hydrogen-bond donors (Lipinski definition) is 1. The SMILES string of the molecule is Cc1ccc(C(C)NCc2cccc(F)c2)cc1[N+](=O)[O-]. The standard InChI is InChI=1S/C16H17FN2O2/c1-11-6-7-14(9-16(11)19(20)21)12(2)18-10-13-4-3-5-15(17)8-13/h3-9,12,18H,10H2,1-2H3. The minimum absolute atomic E-state index is 0.0624. The number of nitro benzene ring substituents is 1. The van der Waals surface area contributed by atoms with E-state index in [1.165, 1.54) is 12.1 Å². The fourth-order valence-electron chi connectivity index (χ4n) is 2.13. The molecule has 5 heteroatoms. The molecule has 0 saturated carbocycles. The lowest BCUT2D eigenvalue weighted by Crippen LogP contribution is -2.18. The van der Waals surface area contributed by atoms with E-state index in [2.05, 4.69) is 5.32 Å². The summed E-state index contributed by atoms with van der Waals surface area (Å²) >= 11 is 0. The number of benzene rings is 2. The molecule has 0 aromatic heterocycles. The van der Waals surface area contributed by atoms with Crippen LogP contribution in [0.2, 0.25) is 0 Å². The maximum atomic E-state index is 13.1. The second-order valence-corrected chi connectivity index (χ2v) is 5.04. The second kappa shape index (κ2) is 6.45. The summed E-state index contributed by atoms with van der Waals surface area (Å²) < 4.78 is 13.1. The first-order chi connectivity index (χ1) is 9.97. The quantitative estimate of drug-likeness (QED) is 0.670. The summed E-state index contributed by atoms with van der Waals surface area (Å²) in [6, 6.07) is 11.5. The summed E-state index contributed by atoms with van der Waals surface area (Å²) in [4.78, 5) is 10.6. The van der Waals surface area contributed by atoms with Crippen molar-refractivity contribution in [2.75, 3.05) is 0 Å². The fourth-order valence-corrected chi connectivity index (χ4v) is 2.13. The monoisotopic (exact) mass is 288 g/mol. The molecule has 4 nitrogen and oxygen atoms in total. The third-order valence-electron chi connectivity index (χ3n) is 3.43. The summed E-state index contributed by atoms with van der Waals surface area (Å²) in [6.45, 7) is 4.14. The van der Waals surface area contributed by atoms with Gasteiger partial charge in [-0.2, -0.15) is 0 Å². The van der Waals surface area contributed by atoms with Crippen molar-refractivity contribution >= 4 is 5.69 Å². The van der Waals surface area contributed by atoms with Crippen molar-refractivity contribution in [2.24, 2.45) is 0 Å². The molecule has 0 aliphatic heterocycles. The van der Waals surface area contributed by atoms with E-state index >= 15 is 0 Å². The van der Waals surface area contributed by atoms with Crippen LogP contribution >= 0.6 is 0 Å². The van der Waals surface area contributed by atoms with Gasteiger partial charge in [0.25, 0.3) is 5.69 Å². The number of halogens is 1. The van der Waals surface area contributed by atoms with Crippen molar-refractivity contribution in [3.63, 3.8) is 0 Å². The molecule has 1 unspecified atom stereocenters. The van der Waals surface area contributed by atoms with Crippen molar-refractivity contribution in [1.82, 2.24) is 5.32 Å². The molecule has 0 saturated heterocycles. The van der Waals surface area contributed by atoms with Crippen molar-refractivity contribution in [3.05, 3.63) is 75.1 Å². The lowest BCUT2D eigenvalue weighted by atomic mass is 10.0. The molecule has 0 amide bonds. The van der Waals surface area contributed by atoms with Gasteiger partial charge in [0, 0.05) is 24.2 Å². The second-order valence-electron chi connectivity index (χ2n) is 5.04. The predicted octanol–water partition coefficient (Wildman–Crippen LogP) is 3.89. The van der Waals surface area contributed by atoms with Crippen LogP contribution in [-0.4, -0.2) is 4.92 Å². The lowest BCUT2D eigenvalue weighted by molar-refractivity contribution is -0.385. The van der Waals surface area contributed by atoms with Crippen LogP contribution in [0.1, 0.15) is 29.7 Å². The van der Waals surface area contributed by atoms with E-state index < -0.39 is 0 Å². The smallest absolute Gasteiger partial charge is 0.272 e. The number of hydrogen-bond acceptors (Lipinski definition) is 3. The van der Waals surface area contributed by atoms with E-state index in [9.17, 15) is 14.5 Å². The van der Waals surface area contributed by atoms with Crippen molar-refractivity contribution in [3.8, 4) is 0 Å². The number of rotatable bonds is 5. The van der Waals surface area contributed by atoms with Gasteiger partial charge in [-0.1, -0.05) is 24.3 Å². The zero-order valence-electron chi connectivity index (χ0n) is 12.0. The van der Waals surface area contributed by atoms with Gasteiger partial charge in [-0.3, -0.25) is 10.1 Å². The van der Waals surface area contributed by atoms with Crippen LogP contribution in [0.15, 0.2) is 42.5 Å². The minimum atomic E-state index is -0.377. The van der Waals surface area contributed by atoms with Gasteiger partial charge in [0.1, 0.15) is 5.82 Å². The van der Waals surface area contributed by atoms with E-state index in [0.717, 1.165) is 11.1 Å². The average molecular weight is 288 g/mol. The van der Waals surface area contributed by atoms with Crippen LogP contribution in [0, 0.1) is 22.9 Å². The maximum absolute atomic E-state index is 13.1. The number of nitrogens with one attached hydrogen (secondary N) is 1. The highest BCUT2D eigenvalue weighted by molar-refractivity contribution is 5.43. The molecule has 2 aromatic rings. The molecule has 0 aliphatic rings. The molecule has 0 aliphatic carbocycles. The molecule has 0 radical (unpaired) electrons. The molecule has 110 valence electrons. The van der Waals surface area contributed by atoms with Gasteiger partial charge >= 0.3 is 0 Å². The van der Waals surface area contributed by atoms with Gasteiger partial charge < -0.3 is 5.32 Å². The van der Waals surface area contributed by atoms with E-state index in [-0.39, 0.29) is 22.5 Å². The Morgan fingerprint density at radius 1 is 1.29 bits per heavy atom. The largest absolute Gasteiger partial charge is 0.306 e. The topological polar surface area (TPSA) is 55.2 Å². The highest BCUT2D eigenvalue weighted by Crippen LogP contribution is 2.23. The van der Waals surface area contributed by atoms with Crippen LogP contribution in [0.5, 0.6) is 0 Å². The molecular formula is C16H17FN2O2. The Morgan fingerprint density at radius 3 is 2.71 bits per heavy atom. The minimum Gasteiger partial charge on any atom is -0.306 e. The molecule has 1 atom stereocenters. The van der Waals surface area contributed by atoms with E-state index in [1.807, 2.05) is 19.1 Å². The van der Waals surface area contributed by atoms with Crippen LogP contribution in [0.4, 0.5) is 10.1 Å². The fraction of sp³-hybridized carbons (Fsp3) is 0.250.